The quantitative estimate of drug-likeness (QED) is 0.566. The minimum atomic E-state index is 0.280. The first kappa shape index (κ1) is 11.9. The largest absolute Gasteiger partial charge is 0.507 e. The zero-order valence-corrected chi connectivity index (χ0v) is 11.2. The van der Waals surface area contributed by atoms with Crippen molar-refractivity contribution in [1.82, 2.24) is 10.2 Å². The van der Waals surface area contributed by atoms with Crippen LogP contribution in [-0.4, -0.2) is 15.3 Å². The van der Waals surface area contributed by atoms with Crippen molar-refractivity contribution in [1.29, 1.82) is 0 Å². The average molecular weight is 272 g/mol. The molecule has 0 aliphatic rings. The molecule has 0 saturated carbocycles. The molecule has 0 radical (unpaired) electrons. The van der Waals surface area contributed by atoms with E-state index < -0.39 is 0 Å². The number of phenolic OH excluding ortho intramolecular Hbond substituents is 1. The van der Waals surface area contributed by atoms with E-state index in [9.17, 15) is 5.11 Å². The van der Waals surface area contributed by atoms with E-state index in [4.69, 9.17) is 0 Å². The summed E-state index contributed by atoms with van der Waals surface area (Å²) in [5.41, 5.74) is 1.82. The van der Waals surface area contributed by atoms with Crippen molar-refractivity contribution in [3.8, 4) is 17.0 Å². The Kier molecular flexibility index (Phi) is 2.57. The molecule has 0 aliphatic carbocycles. The number of aromatic hydroxyl groups is 1. The van der Waals surface area contributed by atoms with E-state index in [0.717, 1.165) is 32.8 Å². The van der Waals surface area contributed by atoms with Gasteiger partial charge in [0.25, 0.3) is 0 Å². The molecule has 0 unspecified atom stereocenters. The lowest BCUT2D eigenvalue weighted by Gasteiger charge is -2.09. The summed E-state index contributed by atoms with van der Waals surface area (Å²) in [7, 11) is 0. The monoisotopic (exact) mass is 272 g/mol. The number of phenols is 1. The zero-order valence-electron chi connectivity index (χ0n) is 11.2. The van der Waals surface area contributed by atoms with Crippen LogP contribution in [-0.2, 0) is 0 Å². The topological polar surface area (TPSA) is 46.0 Å². The van der Waals surface area contributed by atoms with Crippen LogP contribution in [0.15, 0.2) is 66.9 Å². The van der Waals surface area contributed by atoms with Gasteiger partial charge >= 0.3 is 0 Å². The Hall–Kier alpha value is -2.94. The van der Waals surface area contributed by atoms with Gasteiger partial charge in [0.15, 0.2) is 0 Å². The second kappa shape index (κ2) is 4.56. The van der Waals surface area contributed by atoms with Gasteiger partial charge in [0, 0.05) is 21.7 Å². The highest BCUT2D eigenvalue weighted by Crippen LogP contribution is 2.35. The summed E-state index contributed by atoms with van der Waals surface area (Å²) < 4.78 is 0. The Bertz CT molecular complexity index is 958. The molecule has 3 heteroatoms. The van der Waals surface area contributed by atoms with E-state index in [1.807, 2.05) is 54.6 Å². The van der Waals surface area contributed by atoms with Crippen LogP contribution >= 0.6 is 0 Å². The Labute approximate surface area is 121 Å². The van der Waals surface area contributed by atoms with E-state index in [1.54, 1.807) is 12.3 Å². The second-order valence-electron chi connectivity index (χ2n) is 4.96. The number of hydrogen-bond acceptors (Lipinski definition) is 3. The van der Waals surface area contributed by atoms with Crippen LogP contribution in [0.5, 0.6) is 5.75 Å². The maximum Gasteiger partial charge on any atom is 0.123 e. The summed E-state index contributed by atoms with van der Waals surface area (Å²) in [6, 6.07) is 19.4. The molecule has 0 fully saturated rings. The van der Waals surface area contributed by atoms with Crippen LogP contribution in [0.2, 0.25) is 0 Å². The first-order chi connectivity index (χ1) is 10.3. The third-order valence-corrected chi connectivity index (χ3v) is 3.73. The first-order valence-electron chi connectivity index (χ1n) is 6.76. The molecule has 4 aromatic rings. The van der Waals surface area contributed by atoms with Gasteiger partial charge in [-0.1, -0.05) is 48.5 Å². The number of aromatic nitrogens is 2. The van der Waals surface area contributed by atoms with E-state index >= 15 is 0 Å². The van der Waals surface area contributed by atoms with Gasteiger partial charge in [-0.25, -0.2) is 0 Å². The van der Waals surface area contributed by atoms with E-state index in [1.165, 1.54) is 0 Å². The van der Waals surface area contributed by atoms with Crippen LogP contribution in [0.1, 0.15) is 0 Å². The summed E-state index contributed by atoms with van der Waals surface area (Å²) >= 11 is 0. The average Bonchev–Trinajstić information content (AvgIpc) is 2.55. The molecule has 0 bridgehead atoms. The summed E-state index contributed by atoms with van der Waals surface area (Å²) in [5.74, 6) is 0.280. The molecule has 4 rings (SSSR count). The highest BCUT2D eigenvalue weighted by Gasteiger charge is 2.11. The van der Waals surface area contributed by atoms with Gasteiger partial charge in [-0.3, -0.25) is 0 Å². The summed E-state index contributed by atoms with van der Waals surface area (Å²) in [6.07, 6.45) is 1.77. The van der Waals surface area contributed by atoms with Crippen LogP contribution in [0.4, 0.5) is 0 Å². The molecule has 3 nitrogen and oxygen atoms in total. The molecule has 0 saturated heterocycles. The summed E-state index contributed by atoms with van der Waals surface area (Å²) in [4.78, 5) is 0. The fraction of sp³-hybridized carbons (Fsp3) is 0. The summed E-state index contributed by atoms with van der Waals surface area (Å²) in [5, 5.41) is 22.4. The third-order valence-electron chi connectivity index (χ3n) is 3.73. The van der Waals surface area contributed by atoms with Crippen molar-refractivity contribution in [3.63, 3.8) is 0 Å². The SMILES string of the molecule is Oc1ccc(-c2nncc3ccccc23)c2ccccc12. The Morgan fingerprint density at radius 2 is 1.43 bits per heavy atom. The smallest absolute Gasteiger partial charge is 0.123 e. The predicted octanol–water partition coefficient (Wildman–Crippen LogP) is 4.16. The molecule has 0 aliphatic heterocycles. The molecular formula is C18H12N2O. The van der Waals surface area contributed by atoms with Gasteiger partial charge in [-0.2, -0.15) is 5.10 Å². The number of benzene rings is 3. The molecule has 1 heterocycles. The zero-order chi connectivity index (χ0) is 14.2. The first-order valence-corrected chi connectivity index (χ1v) is 6.76. The second-order valence-corrected chi connectivity index (χ2v) is 4.96. The minimum absolute atomic E-state index is 0.280. The molecule has 0 amide bonds. The Balaban J connectivity index is 2.13. The van der Waals surface area contributed by atoms with Crippen LogP contribution in [0, 0.1) is 0 Å². The molecule has 1 aromatic heterocycles. The maximum absolute atomic E-state index is 10.0. The van der Waals surface area contributed by atoms with Crippen LogP contribution in [0.3, 0.4) is 0 Å². The molecule has 1 N–H and O–H groups in total. The van der Waals surface area contributed by atoms with Crippen molar-refractivity contribution in [2.45, 2.75) is 0 Å². The van der Waals surface area contributed by atoms with Crippen molar-refractivity contribution in [2.24, 2.45) is 0 Å². The highest BCUT2D eigenvalue weighted by atomic mass is 16.3. The summed E-state index contributed by atoms with van der Waals surface area (Å²) in [6.45, 7) is 0. The van der Waals surface area contributed by atoms with Gasteiger partial charge in [0.05, 0.1) is 6.20 Å². The van der Waals surface area contributed by atoms with Gasteiger partial charge in [0.1, 0.15) is 11.4 Å². The van der Waals surface area contributed by atoms with Crippen molar-refractivity contribution in [2.75, 3.05) is 0 Å². The molecule has 3 aromatic carbocycles. The lowest BCUT2D eigenvalue weighted by Crippen LogP contribution is -1.90. The maximum atomic E-state index is 10.0. The van der Waals surface area contributed by atoms with Gasteiger partial charge in [-0.15, -0.1) is 5.10 Å². The Morgan fingerprint density at radius 3 is 2.29 bits per heavy atom. The molecule has 21 heavy (non-hydrogen) atoms. The van der Waals surface area contributed by atoms with E-state index in [-0.39, 0.29) is 5.75 Å². The standard InChI is InChI=1S/C18H12N2O/c21-17-10-9-16(14-7-3-4-8-15(14)17)18-13-6-2-1-5-12(13)11-19-20-18/h1-11,21H. The van der Waals surface area contributed by atoms with Crippen LogP contribution < -0.4 is 0 Å². The number of hydrogen-bond donors (Lipinski definition) is 1. The fourth-order valence-electron chi connectivity index (χ4n) is 2.72. The van der Waals surface area contributed by atoms with Gasteiger partial charge < -0.3 is 5.11 Å². The number of fused-ring (bicyclic) bond motifs is 2. The lowest BCUT2D eigenvalue weighted by atomic mass is 9.98. The number of rotatable bonds is 1. The van der Waals surface area contributed by atoms with Crippen molar-refractivity contribution < 1.29 is 5.11 Å². The van der Waals surface area contributed by atoms with Gasteiger partial charge in [-0.05, 0) is 17.5 Å². The predicted molar refractivity (Wildman–Crippen MR) is 84.1 cm³/mol. The lowest BCUT2D eigenvalue weighted by molar-refractivity contribution is 0.481. The molecule has 100 valence electrons. The third kappa shape index (κ3) is 1.82. The number of nitrogens with zero attached hydrogens (tertiary/aromatic N) is 2. The minimum Gasteiger partial charge on any atom is -0.507 e. The van der Waals surface area contributed by atoms with E-state index in [0.29, 0.717) is 0 Å². The normalized spacial score (nSPS) is 11.0. The Morgan fingerprint density at radius 1 is 0.714 bits per heavy atom. The molecular weight excluding hydrogens is 260 g/mol. The van der Waals surface area contributed by atoms with E-state index in [2.05, 4.69) is 10.2 Å². The van der Waals surface area contributed by atoms with Gasteiger partial charge in [0.2, 0.25) is 0 Å². The van der Waals surface area contributed by atoms with Crippen molar-refractivity contribution in [3.05, 3.63) is 66.9 Å². The van der Waals surface area contributed by atoms with Crippen molar-refractivity contribution >= 4 is 21.5 Å². The fourth-order valence-corrected chi connectivity index (χ4v) is 2.72. The molecule has 0 atom stereocenters. The van der Waals surface area contributed by atoms with Crippen LogP contribution in [0.25, 0.3) is 32.8 Å². The molecule has 0 spiro atoms. The highest BCUT2D eigenvalue weighted by molar-refractivity contribution is 6.05.